The molecule has 2 aliphatic heterocycles. The molecule has 0 aromatic carbocycles. The Morgan fingerprint density at radius 1 is 1.29 bits per heavy atom. The van der Waals surface area contributed by atoms with E-state index >= 15 is 0 Å². The topological polar surface area (TPSA) is 35.6 Å². The molecule has 0 aliphatic carbocycles. The van der Waals surface area contributed by atoms with Crippen molar-refractivity contribution in [3.05, 3.63) is 0 Å². The van der Waals surface area contributed by atoms with Crippen LogP contribution in [0, 0.1) is 11.8 Å². The Bertz CT molecular complexity index is 278. The predicted octanol–water partition coefficient (Wildman–Crippen LogP) is 1.38. The van der Waals surface area contributed by atoms with Gasteiger partial charge in [0.2, 0.25) is 0 Å². The summed E-state index contributed by atoms with van der Waals surface area (Å²) >= 11 is 0. The van der Waals surface area contributed by atoms with E-state index in [1.54, 1.807) is 0 Å². The van der Waals surface area contributed by atoms with Gasteiger partial charge in [0.15, 0.2) is 0 Å². The van der Waals surface area contributed by atoms with Gasteiger partial charge in [-0.1, -0.05) is 6.92 Å². The zero-order valence-electron chi connectivity index (χ0n) is 11.3. The number of hydrogen-bond donors (Lipinski definition) is 1. The van der Waals surface area contributed by atoms with Gasteiger partial charge in [0.25, 0.3) is 0 Å². The van der Waals surface area contributed by atoms with Gasteiger partial charge in [-0.15, -0.1) is 0 Å². The third kappa shape index (κ3) is 2.15. The van der Waals surface area contributed by atoms with Gasteiger partial charge in [-0.3, -0.25) is 0 Å². The third-order valence-electron chi connectivity index (χ3n) is 4.42. The molecule has 4 heteroatoms. The molecule has 4 nitrogen and oxygen atoms in total. The maximum absolute atomic E-state index is 12.4. The van der Waals surface area contributed by atoms with Crippen LogP contribution in [0.2, 0.25) is 0 Å². The molecule has 3 unspecified atom stereocenters. The lowest BCUT2D eigenvalue weighted by Gasteiger charge is -2.32. The second-order valence-corrected chi connectivity index (χ2v) is 5.17. The Morgan fingerprint density at radius 2 is 2.00 bits per heavy atom. The van der Waals surface area contributed by atoms with Crippen LogP contribution in [0.15, 0.2) is 0 Å². The zero-order valence-corrected chi connectivity index (χ0v) is 11.3. The van der Waals surface area contributed by atoms with E-state index in [0.29, 0.717) is 17.9 Å². The van der Waals surface area contributed by atoms with Gasteiger partial charge in [-0.2, -0.15) is 0 Å². The number of nitrogens with one attached hydrogen (secondary N) is 1. The van der Waals surface area contributed by atoms with Gasteiger partial charge in [0.1, 0.15) is 0 Å². The van der Waals surface area contributed by atoms with Crippen molar-refractivity contribution in [2.45, 2.75) is 33.2 Å². The van der Waals surface area contributed by atoms with Crippen LogP contribution in [0.3, 0.4) is 0 Å². The molecule has 0 saturated carbocycles. The summed E-state index contributed by atoms with van der Waals surface area (Å²) in [7, 11) is 0. The number of hydrogen-bond acceptors (Lipinski definition) is 2. The van der Waals surface area contributed by atoms with Crippen molar-refractivity contribution in [1.29, 1.82) is 0 Å². The van der Waals surface area contributed by atoms with Crippen LogP contribution < -0.4 is 5.32 Å². The Kier molecular flexibility index (Phi) is 3.92. The molecule has 1 N–H and O–H groups in total. The van der Waals surface area contributed by atoms with Crippen molar-refractivity contribution in [2.24, 2.45) is 11.8 Å². The van der Waals surface area contributed by atoms with Gasteiger partial charge < -0.3 is 15.1 Å². The van der Waals surface area contributed by atoms with Crippen LogP contribution in [-0.4, -0.2) is 54.6 Å². The fraction of sp³-hybridized carbons (Fsp3) is 0.923. The Hall–Kier alpha value is -0.770. The lowest BCUT2D eigenvalue weighted by atomic mass is 9.93. The number of carbonyl (C=O) groups excluding carboxylic acids is 1. The minimum absolute atomic E-state index is 0.247. The van der Waals surface area contributed by atoms with E-state index in [9.17, 15) is 4.79 Å². The molecular weight excluding hydrogens is 214 g/mol. The van der Waals surface area contributed by atoms with Gasteiger partial charge in [-0.05, 0) is 32.1 Å². The first kappa shape index (κ1) is 12.7. The SMILES string of the molecule is CCC1C2CNCC2CN1C(=O)N(CC)CC. The highest BCUT2D eigenvalue weighted by atomic mass is 16.2. The standard InChI is InChI=1S/C13H25N3O/c1-4-12-11-8-14-7-10(11)9-16(12)13(17)15(5-2)6-3/h10-12,14H,4-9H2,1-3H3. The monoisotopic (exact) mass is 239 g/mol. The van der Waals surface area contributed by atoms with Crippen LogP contribution in [0.1, 0.15) is 27.2 Å². The number of carbonyl (C=O) groups is 1. The highest BCUT2D eigenvalue weighted by Gasteiger charge is 2.45. The highest BCUT2D eigenvalue weighted by Crippen LogP contribution is 2.34. The summed E-state index contributed by atoms with van der Waals surface area (Å²) in [5.74, 6) is 1.36. The first-order valence-corrected chi connectivity index (χ1v) is 6.99. The van der Waals surface area contributed by atoms with E-state index in [-0.39, 0.29) is 6.03 Å². The van der Waals surface area contributed by atoms with E-state index in [0.717, 1.165) is 39.1 Å². The third-order valence-corrected chi connectivity index (χ3v) is 4.42. The van der Waals surface area contributed by atoms with Crippen LogP contribution in [0.5, 0.6) is 0 Å². The number of nitrogens with zero attached hydrogens (tertiary/aromatic N) is 2. The van der Waals surface area contributed by atoms with Crippen LogP contribution >= 0.6 is 0 Å². The summed E-state index contributed by atoms with van der Waals surface area (Å²) in [6.07, 6.45) is 1.08. The Labute approximate surface area is 104 Å². The van der Waals surface area contributed by atoms with Crippen molar-refractivity contribution in [2.75, 3.05) is 32.7 Å². The smallest absolute Gasteiger partial charge is 0.320 e. The lowest BCUT2D eigenvalue weighted by molar-refractivity contribution is 0.144. The molecule has 2 saturated heterocycles. The molecule has 0 aromatic rings. The Morgan fingerprint density at radius 3 is 2.59 bits per heavy atom. The van der Waals surface area contributed by atoms with Crippen molar-refractivity contribution in [1.82, 2.24) is 15.1 Å². The summed E-state index contributed by atoms with van der Waals surface area (Å²) in [6, 6.07) is 0.694. The largest absolute Gasteiger partial charge is 0.325 e. The maximum Gasteiger partial charge on any atom is 0.320 e. The average Bonchev–Trinajstić information content (AvgIpc) is 2.89. The number of rotatable bonds is 3. The minimum atomic E-state index is 0.247. The quantitative estimate of drug-likeness (QED) is 0.807. The molecule has 2 rings (SSSR count). The van der Waals surface area contributed by atoms with E-state index in [1.165, 1.54) is 0 Å². The van der Waals surface area contributed by atoms with Crippen molar-refractivity contribution < 1.29 is 4.79 Å². The Balaban J connectivity index is 2.08. The summed E-state index contributed by atoms with van der Waals surface area (Å²) in [5.41, 5.74) is 0. The van der Waals surface area contributed by atoms with Crippen molar-refractivity contribution in [3.8, 4) is 0 Å². The van der Waals surface area contributed by atoms with E-state index in [1.807, 2.05) is 4.90 Å². The maximum atomic E-state index is 12.4. The normalized spacial score (nSPS) is 31.7. The van der Waals surface area contributed by atoms with Crippen LogP contribution in [0.25, 0.3) is 0 Å². The highest BCUT2D eigenvalue weighted by molar-refractivity contribution is 5.75. The molecule has 0 aromatic heterocycles. The molecule has 17 heavy (non-hydrogen) atoms. The van der Waals surface area contributed by atoms with Gasteiger partial charge >= 0.3 is 6.03 Å². The summed E-state index contributed by atoms with van der Waals surface area (Å²) in [5, 5.41) is 3.45. The molecule has 0 spiro atoms. The van der Waals surface area contributed by atoms with Crippen molar-refractivity contribution >= 4 is 6.03 Å². The summed E-state index contributed by atoms with van der Waals surface area (Å²) in [6.45, 7) is 11.1. The molecule has 0 bridgehead atoms. The molecule has 2 fully saturated rings. The minimum Gasteiger partial charge on any atom is -0.325 e. The fourth-order valence-corrected chi connectivity index (χ4v) is 3.44. The predicted molar refractivity (Wildman–Crippen MR) is 69.0 cm³/mol. The van der Waals surface area contributed by atoms with Crippen molar-refractivity contribution in [3.63, 3.8) is 0 Å². The molecule has 3 atom stereocenters. The number of amides is 2. The summed E-state index contributed by atoms with van der Waals surface area (Å²) in [4.78, 5) is 16.5. The molecule has 98 valence electrons. The fourth-order valence-electron chi connectivity index (χ4n) is 3.44. The lowest BCUT2D eigenvalue weighted by Crippen LogP contribution is -2.47. The average molecular weight is 239 g/mol. The summed E-state index contributed by atoms with van der Waals surface area (Å²) < 4.78 is 0. The van der Waals surface area contributed by atoms with Crippen LogP contribution in [0.4, 0.5) is 4.79 Å². The second kappa shape index (κ2) is 5.25. The number of likely N-dealkylation sites (tertiary alicyclic amines) is 1. The molecule has 0 radical (unpaired) electrons. The molecule has 2 amide bonds. The first-order valence-electron chi connectivity index (χ1n) is 6.99. The van der Waals surface area contributed by atoms with E-state index < -0.39 is 0 Å². The molecule has 2 heterocycles. The van der Waals surface area contributed by atoms with E-state index in [2.05, 4.69) is 31.0 Å². The van der Waals surface area contributed by atoms with Crippen LogP contribution in [-0.2, 0) is 0 Å². The van der Waals surface area contributed by atoms with Gasteiger partial charge in [0, 0.05) is 38.8 Å². The van der Waals surface area contributed by atoms with E-state index in [4.69, 9.17) is 0 Å². The van der Waals surface area contributed by atoms with Gasteiger partial charge in [0.05, 0.1) is 0 Å². The number of urea groups is 1. The molecular formula is C13H25N3O. The second-order valence-electron chi connectivity index (χ2n) is 5.17. The zero-order chi connectivity index (χ0) is 12.4. The molecule has 2 aliphatic rings. The number of fused-ring (bicyclic) bond motifs is 1. The first-order chi connectivity index (χ1) is 8.22. The van der Waals surface area contributed by atoms with Gasteiger partial charge in [-0.25, -0.2) is 4.79 Å².